The van der Waals surface area contributed by atoms with Crippen molar-refractivity contribution in [3.63, 3.8) is 0 Å². The van der Waals surface area contributed by atoms with Gasteiger partial charge < -0.3 is 10.4 Å². The molecule has 0 spiro atoms. The predicted octanol–water partition coefficient (Wildman–Crippen LogP) is 3.70. The summed E-state index contributed by atoms with van der Waals surface area (Å²) >= 11 is 3.31. The SMILES string of the molecule is N#C/C(=C/c1ccc(O)cc1)C(=O)Nc1ccc(Br)cc1. The molecule has 0 aliphatic carbocycles. The number of hydrogen-bond donors (Lipinski definition) is 2. The van der Waals surface area contributed by atoms with Gasteiger partial charge in [0.15, 0.2) is 0 Å². The van der Waals surface area contributed by atoms with Gasteiger partial charge >= 0.3 is 0 Å². The molecule has 0 heterocycles. The van der Waals surface area contributed by atoms with Gasteiger partial charge in [0, 0.05) is 10.2 Å². The molecule has 0 saturated carbocycles. The Kier molecular flexibility index (Phi) is 4.75. The number of phenolic OH excluding ortho intramolecular Hbond substituents is 1. The predicted molar refractivity (Wildman–Crippen MR) is 84.5 cm³/mol. The number of nitriles is 1. The maximum Gasteiger partial charge on any atom is 0.266 e. The Balaban J connectivity index is 2.17. The van der Waals surface area contributed by atoms with Crippen LogP contribution in [-0.2, 0) is 4.79 Å². The second kappa shape index (κ2) is 6.73. The van der Waals surface area contributed by atoms with Crippen LogP contribution < -0.4 is 5.32 Å². The summed E-state index contributed by atoms with van der Waals surface area (Å²) in [7, 11) is 0. The van der Waals surface area contributed by atoms with Gasteiger partial charge in [-0.2, -0.15) is 5.26 Å². The molecule has 2 aromatic carbocycles. The van der Waals surface area contributed by atoms with E-state index in [9.17, 15) is 9.90 Å². The number of benzene rings is 2. The molecule has 0 aromatic heterocycles. The fourth-order valence-electron chi connectivity index (χ4n) is 1.62. The van der Waals surface area contributed by atoms with Gasteiger partial charge in [-0.3, -0.25) is 4.79 Å². The molecule has 0 radical (unpaired) electrons. The number of aromatic hydroxyl groups is 1. The number of amides is 1. The number of nitrogens with one attached hydrogen (secondary N) is 1. The van der Waals surface area contributed by atoms with Gasteiger partial charge in [0.25, 0.3) is 5.91 Å². The molecular formula is C16H11BrN2O2. The van der Waals surface area contributed by atoms with E-state index in [4.69, 9.17) is 5.26 Å². The molecule has 0 atom stereocenters. The van der Waals surface area contributed by atoms with Gasteiger partial charge in [-0.25, -0.2) is 0 Å². The molecule has 5 heteroatoms. The first kappa shape index (κ1) is 14.8. The van der Waals surface area contributed by atoms with Gasteiger partial charge in [0.05, 0.1) is 0 Å². The van der Waals surface area contributed by atoms with E-state index in [0.29, 0.717) is 11.3 Å². The number of carbonyl (C=O) groups is 1. The Morgan fingerprint density at radius 3 is 2.33 bits per heavy atom. The molecule has 0 unspecified atom stereocenters. The lowest BCUT2D eigenvalue weighted by atomic mass is 10.1. The molecule has 1 amide bonds. The largest absolute Gasteiger partial charge is 0.508 e. The normalized spacial score (nSPS) is 10.8. The monoisotopic (exact) mass is 342 g/mol. The molecule has 0 bridgehead atoms. The first-order valence-electron chi connectivity index (χ1n) is 6.06. The standard InChI is InChI=1S/C16H11BrN2O2/c17-13-3-5-14(6-4-13)19-16(21)12(10-18)9-11-1-7-15(20)8-2-11/h1-9,20H,(H,19,21)/b12-9-. The third kappa shape index (κ3) is 4.20. The summed E-state index contributed by atoms with van der Waals surface area (Å²) in [5.74, 6) is -0.349. The molecule has 0 aliphatic rings. The van der Waals surface area contributed by atoms with E-state index in [-0.39, 0.29) is 11.3 Å². The number of phenols is 1. The third-order valence-corrected chi connectivity index (χ3v) is 3.20. The van der Waals surface area contributed by atoms with Crippen molar-refractivity contribution in [2.24, 2.45) is 0 Å². The minimum atomic E-state index is -0.479. The molecule has 2 aromatic rings. The Bertz CT molecular complexity index is 713. The summed E-state index contributed by atoms with van der Waals surface area (Å²) in [4.78, 5) is 12.0. The van der Waals surface area contributed by atoms with Crippen LogP contribution in [0.2, 0.25) is 0 Å². The summed E-state index contributed by atoms with van der Waals surface area (Å²) in [5, 5.41) is 21.0. The molecule has 0 saturated heterocycles. The van der Waals surface area contributed by atoms with Crippen molar-refractivity contribution in [2.75, 3.05) is 5.32 Å². The van der Waals surface area contributed by atoms with E-state index >= 15 is 0 Å². The highest BCUT2D eigenvalue weighted by Crippen LogP contribution is 2.16. The van der Waals surface area contributed by atoms with Crippen molar-refractivity contribution in [2.45, 2.75) is 0 Å². The van der Waals surface area contributed by atoms with Crippen LogP contribution in [-0.4, -0.2) is 11.0 Å². The fourth-order valence-corrected chi connectivity index (χ4v) is 1.88. The van der Waals surface area contributed by atoms with Crippen LogP contribution >= 0.6 is 15.9 Å². The topological polar surface area (TPSA) is 73.1 Å². The lowest BCUT2D eigenvalue weighted by Crippen LogP contribution is -2.13. The molecule has 2 N–H and O–H groups in total. The first-order valence-corrected chi connectivity index (χ1v) is 6.85. The second-order valence-corrected chi connectivity index (χ2v) is 5.14. The Morgan fingerprint density at radius 2 is 1.76 bits per heavy atom. The summed E-state index contributed by atoms with van der Waals surface area (Å²) in [6, 6.07) is 15.2. The van der Waals surface area contributed by atoms with Crippen molar-refractivity contribution >= 4 is 33.6 Å². The van der Waals surface area contributed by atoms with Crippen LogP contribution in [0.25, 0.3) is 6.08 Å². The van der Waals surface area contributed by atoms with E-state index < -0.39 is 5.91 Å². The zero-order valence-electron chi connectivity index (χ0n) is 10.9. The van der Waals surface area contributed by atoms with E-state index in [1.165, 1.54) is 18.2 Å². The lowest BCUT2D eigenvalue weighted by Gasteiger charge is -2.04. The van der Waals surface area contributed by atoms with Crippen LogP contribution in [0.3, 0.4) is 0 Å². The van der Waals surface area contributed by atoms with Crippen molar-refractivity contribution in [1.82, 2.24) is 0 Å². The van der Waals surface area contributed by atoms with Crippen LogP contribution in [0.4, 0.5) is 5.69 Å². The smallest absolute Gasteiger partial charge is 0.266 e. The van der Waals surface area contributed by atoms with Gasteiger partial charge in [0.1, 0.15) is 17.4 Å². The van der Waals surface area contributed by atoms with Gasteiger partial charge in [0.2, 0.25) is 0 Å². The second-order valence-electron chi connectivity index (χ2n) is 4.22. The van der Waals surface area contributed by atoms with E-state index in [1.807, 2.05) is 6.07 Å². The summed E-state index contributed by atoms with van der Waals surface area (Å²) in [6.07, 6.45) is 1.47. The van der Waals surface area contributed by atoms with Crippen molar-refractivity contribution in [3.05, 3.63) is 64.1 Å². The average Bonchev–Trinajstić information content (AvgIpc) is 2.49. The molecule has 2 rings (SSSR count). The highest BCUT2D eigenvalue weighted by atomic mass is 79.9. The van der Waals surface area contributed by atoms with Crippen molar-refractivity contribution in [3.8, 4) is 11.8 Å². The van der Waals surface area contributed by atoms with Crippen LogP contribution in [0.1, 0.15) is 5.56 Å². The molecular weight excluding hydrogens is 332 g/mol. The molecule has 0 fully saturated rings. The zero-order valence-corrected chi connectivity index (χ0v) is 12.5. The average molecular weight is 343 g/mol. The first-order chi connectivity index (χ1) is 10.1. The number of rotatable bonds is 3. The quantitative estimate of drug-likeness (QED) is 0.659. The summed E-state index contributed by atoms with van der Waals surface area (Å²) in [6.45, 7) is 0. The summed E-state index contributed by atoms with van der Waals surface area (Å²) in [5.41, 5.74) is 1.26. The third-order valence-electron chi connectivity index (χ3n) is 2.67. The van der Waals surface area contributed by atoms with Crippen LogP contribution in [0, 0.1) is 11.3 Å². The summed E-state index contributed by atoms with van der Waals surface area (Å²) < 4.78 is 0.903. The highest BCUT2D eigenvalue weighted by molar-refractivity contribution is 9.10. The maximum absolute atomic E-state index is 12.0. The van der Waals surface area contributed by atoms with Gasteiger partial charge in [-0.05, 0) is 48.0 Å². The zero-order chi connectivity index (χ0) is 15.2. The molecule has 0 aliphatic heterocycles. The number of hydrogen-bond acceptors (Lipinski definition) is 3. The van der Waals surface area contributed by atoms with Crippen molar-refractivity contribution in [1.29, 1.82) is 5.26 Å². The van der Waals surface area contributed by atoms with Crippen LogP contribution in [0.5, 0.6) is 5.75 Å². The maximum atomic E-state index is 12.0. The van der Waals surface area contributed by atoms with Crippen molar-refractivity contribution < 1.29 is 9.90 Å². The van der Waals surface area contributed by atoms with Gasteiger partial charge in [-0.15, -0.1) is 0 Å². The number of halogens is 1. The number of carbonyl (C=O) groups excluding carboxylic acids is 1. The number of anilines is 1. The molecule has 104 valence electrons. The Hall–Kier alpha value is -2.58. The minimum absolute atomic E-state index is 0.0105. The molecule has 21 heavy (non-hydrogen) atoms. The van der Waals surface area contributed by atoms with E-state index in [2.05, 4.69) is 21.2 Å². The number of nitrogens with zero attached hydrogens (tertiary/aromatic N) is 1. The Morgan fingerprint density at radius 1 is 1.14 bits per heavy atom. The van der Waals surface area contributed by atoms with Crippen LogP contribution in [0.15, 0.2) is 58.6 Å². The van der Waals surface area contributed by atoms with E-state index in [0.717, 1.165) is 4.47 Å². The molecule has 4 nitrogen and oxygen atoms in total. The van der Waals surface area contributed by atoms with E-state index in [1.54, 1.807) is 36.4 Å². The lowest BCUT2D eigenvalue weighted by molar-refractivity contribution is -0.112. The van der Waals surface area contributed by atoms with Gasteiger partial charge in [-0.1, -0.05) is 28.1 Å². The highest BCUT2D eigenvalue weighted by Gasteiger charge is 2.09. The Labute approximate surface area is 130 Å². The minimum Gasteiger partial charge on any atom is -0.508 e. The fraction of sp³-hybridized carbons (Fsp3) is 0.